The quantitative estimate of drug-likeness (QED) is 0.282. The van der Waals surface area contributed by atoms with E-state index >= 15 is 0 Å². The smallest absolute Gasteiger partial charge is 0.122 e. The van der Waals surface area contributed by atoms with Crippen molar-refractivity contribution < 1.29 is 0 Å². The zero-order chi connectivity index (χ0) is 21.9. The van der Waals surface area contributed by atoms with E-state index in [9.17, 15) is 0 Å². The van der Waals surface area contributed by atoms with E-state index in [2.05, 4.69) is 117 Å². The van der Waals surface area contributed by atoms with Crippen molar-refractivity contribution in [3.8, 4) is 5.82 Å². The molecule has 0 spiro atoms. The summed E-state index contributed by atoms with van der Waals surface area (Å²) in [6.45, 7) is 13.9. The summed E-state index contributed by atoms with van der Waals surface area (Å²) in [5, 5.41) is 4.04. The molecular formula is C29H32N2. The molecular weight excluding hydrogens is 376 g/mol. The Morgan fingerprint density at radius 3 is 1.84 bits per heavy atom. The van der Waals surface area contributed by atoms with Crippen molar-refractivity contribution in [1.82, 2.24) is 9.13 Å². The van der Waals surface area contributed by atoms with Crippen LogP contribution in [0.1, 0.15) is 70.5 Å². The molecule has 2 nitrogen and oxygen atoms in total. The van der Waals surface area contributed by atoms with E-state index in [4.69, 9.17) is 0 Å². The van der Waals surface area contributed by atoms with Gasteiger partial charge < -0.3 is 4.57 Å². The largest absolute Gasteiger partial charge is 0.324 e. The Balaban J connectivity index is 2.09. The summed E-state index contributed by atoms with van der Waals surface area (Å²) < 4.78 is 5.11. The van der Waals surface area contributed by atoms with Crippen LogP contribution in [0.15, 0.2) is 66.7 Å². The van der Waals surface area contributed by atoms with Crippen LogP contribution in [-0.2, 0) is 0 Å². The van der Waals surface area contributed by atoms with Crippen LogP contribution in [0.3, 0.4) is 0 Å². The molecule has 2 aromatic heterocycles. The summed E-state index contributed by atoms with van der Waals surface area (Å²) in [6.07, 6.45) is 0. The van der Waals surface area contributed by atoms with Gasteiger partial charge in [-0.25, -0.2) is 0 Å². The topological polar surface area (TPSA) is 9.86 Å². The SMILES string of the molecule is CC(C)c1c(-n2c3ccccc3c3cccc(C(C)C)c32)n(C(C)C)c2ccccc12. The fourth-order valence-electron chi connectivity index (χ4n) is 5.33. The molecule has 2 heterocycles. The second-order valence-corrected chi connectivity index (χ2v) is 9.62. The number of hydrogen-bond acceptors (Lipinski definition) is 0. The van der Waals surface area contributed by atoms with Gasteiger partial charge in [0.05, 0.1) is 16.6 Å². The molecule has 0 aliphatic carbocycles. The third-order valence-electron chi connectivity index (χ3n) is 6.58. The fourth-order valence-corrected chi connectivity index (χ4v) is 5.33. The molecule has 0 amide bonds. The van der Waals surface area contributed by atoms with Crippen LogP contribution in [0.5, 0.6) is 0 Å². The summed E-state index contributed by atoms with van der Waals surface area (Å²) >= 11 is 0. The molecule has 0 atom stereocenters. The zero-order valence-electron chi connectivity index (χ0n) is 19.5. The summed E-state index contributed by atoms with van der Waals surface area (Å²) in [6, 6.07) is 25.0. The monoisotopic (exact) mass is 408 g/mol. The lowest BCUT2D eigenvalue weighted by molar-refractivity contribution is 0.607. The maximum Gasteiger partial charge on any atom is 0.122 e. The third kappa shape index (κ3) is 2.85. The summed E-state index contributed by atoms with van der Waals surface area (Å²) in [4.78, 5) is 0. The summed E-state index contributed by atoms with van der Waals surface area (Å²) in [5.74, 6) is 2.19. The minimum absolute atomic E-state index is 0.356. The van der Waals surface area contributed by atoms with Crippen molar-refractivity contribution in [3.63, 3.8) is 0 Å². The maximum atomic E-state index is 2.56. The molecule has 0 N–H and O–H groups in total. The van der Waals surface area contributed by atoms with E-state index < -0.39 is 0 Å². The molecule has 0 saturated carbocycles. The van der Waals surface area contributed by atoms with Gasteiger partial charge >= 0.3 is 0 Å². The molecule has 0 radical (unpaired) electrons. The van der Waals surface area contributed by atoms with Crippen LogP contribution in [0.4, 0.5) is 0 Å². The predicted octanol–water partition coefficient (Wildman–Crippen LogP) is 8.57. The molecule has 0 aliphatic rings. The lowest BCUT2D eigenvalue weighted by Gasteiger charge is -2.21. The van der Waals surface area contributed by atoms with Crippen molar-refractivity contribution in [2.24, 2.45) is 0 Å². The molecule has 0 bridgehead atoms. The highest BCUT2D eigenvalue weighted by Gasteiger charge is 2.26. The van der Waals surface area contributed by atoms with Crippen LogP contribution in [0.2, 0.25) is 0 Å². The fraction of sp³-hybridized carbons (Fsp3) is 0.310. The second-order valence-electron chi connectivity index (χ2n) is 9.62. The van der Waals surface area contributed by atoms with Gasteiger partial charge in [0.2, 0.25) is 0 Å². The Bertz CT molecular complexity index is 1360. The van der Waals surface area contributed by atoms with Crippen LogP contribution in [-0.4, -0.2) is 9.13 Å². The molecule has 3 aromatic carbocycles. The molecule has 0 fully saturated rings. The van der Waals surface area contributed by atoms with E-state index in [1.165, 1.54) is 49.7 Å². The number of nitrogens with zero attached hydrogens (tertiary/aromatic N) is 2. The van der Waals surface area contributed by atoms with Gasteiger partial charge in [-0.3, -0.25) is 4.57 Å². The number of fused-ring (bicyclic) bond motifs is 4. The molecule has 0 aliphatic heterocycles. The first-order valence-corrected chi connectivity index (χ1v) is 11.6. The predicted molar refractivity (Wildman–Crippen MR) is 135 cm³/mol. The minimum atomic E-state index is 0.356. The number of para-hydroxylation sites is 3. The Morgan fingerprint density at radius 2 is 1.19 bits per heavy atom. The van der Waals surface area contributed by atoms with Gasteiger partial charge in [0.25, 0.3) is 0 Å². The van der Waals surface area contributed by atoms with Crippen molar-refractivity contribution in [3.05, 3.63) is 77.9 Å². The molecule has 31 heavy (non-hydrogen) atoms. The first-order chi connectivity index (χ1) is 14.9. The Labute approximate surface area is 185 Å². The van der Waals surface area contributed by atoms with Crippen LogP contribution in [0, 0.1) is 0 Å². The van der Waals surface area contributed by atoms with E-state index in [0.717, 1.165) is 0 Å². The van der Waals surface area contributed by atoms with Crippen LogP contribution >= 0.6 is 0 Å². The lowest BCUT2D eigenvalue weighted by atomic mass is 9.99. The van der Waals surface area contributed by atoms with Gasteiger partial charge in [-0.2, -0.15) is 0 Å². The van der Waals surface area contributed by atoms with Gasteiger partial charge in [-0.15, -0.1) is 0 Å². The standard InChI is InChI=1S/C29H32N2/c1-18(2)21-14-11-15-23-22-12-7-9-16-25(22)31(28(21)23)29-27(19(3)4)24-13-8-10-17-26(24)30(29)20(5)6/h7-20H,1-6H3. The van der Waals surface area contributed by atoms with Gasteiger partial charge in [-0.1, -0.05) is 82.3 Å². The molecule has 5 rings (SSSR count). The highest BCUT2D eigenvalue weighted by atomic mass is 15.2. The lowest BCUT2D eigenvalue weighted by Crippen LogP contribution is -2.11. The Hall–Kier alpha value is -3.00. The average molecular weight is 409 g/mol. The van der Waals surface area contributed by atoms with Crippen LogP contribution in [0.25, 0.3) is 38.5 Å². The summed E-state index contributed by atoms with van der Waals surface area (Å²) in [7, 11) is 0. The highest BCUT2D eigenvalue weighted by Crippen LogP contribution is 2.42. The van der Waals surface area contributed by atoms with Gasteiger partial charge in [-0.05, 0) is 43.4 Å². The molecule has 2 heteroatoms. The van der Waals surface area contributed by atoms with Gasteiger partial charge in [0.15, 0.2) is 0 Å². The molecule has 158 valence electrons. The Kier molecular flexibility index (Phi) is 4.69. The molecule has 0 saturated heterocycles. The summed E-state index contributed by atoms with van der Waals surface area (Å²) in [5.41, 5.74) is 6.81. The van der Waals surface area contributed by atoms with Crippen molar-refractivity contribution >= 4 is 32.7 Å². The van der Waals surface area contributed by atoms with E-state index in [1.54, 1.807) is 0 Å². The van der Waals surface area contributed by atoms with Gasteiger partial charge in [0.1, 0.15) is 5.82 Å². The number of aromatic nitrogens is 2. The van der Waals surface area contributed by atoms with E-state index in [-0.39, 0.29) is 0 Å². The minimum Gasteiger partial charge on any atom is -0.324 e. The highest BCUT2D eigenvalue weighted by molar-refractivity contribution is 6.11. The van der Waals surface area contributed by atoms with Gasteiger partial charge in [0, 0.05) is 27.8 Å². The zero-order valence-corrected chi connectivity index (χ0v) is 19.5. The van der Waals surface area contributed by atoms with E-state index in [1.807, 2.05) is 0 Å². The van der Waals surface area contributed by atoms with E-state index in [0.29, 0.717) is 17.9 Å². The second kappa shape index (κ2) is 7.30. The maximum absolute atomic E-state index is 2.56. The molecule has 0 unspecified atom stereocenters. The number of rotatable bonds is 4. The van der Waals surface area contributed by atoms with Crippen LogP contribution < -0.4 is 0 Å². The molecule has 5 aromatic rings. The van der Waals surface area contributed by atoms with Crippen molar-refractivity contribution in [2.75, 3.05) is 0 Å². The Morgan fingerprint density at radius 1 is 0.581 bits per heavy atom. The number of benzene rings is 3. The van der Waals surface area contributed by atoms with Crippen molar-refractivity contribution in [1.29, 1.82) is 0 Å². The third-order valence-corrected chi connectivity index (χ3v) is 6.58. The first-order valence-electron chi connectivity index (χ1n) is 11.6. The number of hydrogen-bond donors (Lipinski definition) is 0. The normalized spacial score (nSPS) is 12.4. The average Bonchev–Trinajstić information content (AvgIpc) is 3.26. The van der Waals surface area contributed by atoms with Crippen molar-refractivity contribution in [2.45, 2.75) is 59.4 Å². The first kappa shape index (κ1) is 19.9.